The van der Waals surface area contributed by atoms with Crippen molar-refractivity contribution in [3.8, 4) is 0 Å². The van der Waals surface area contributed by atoms with Crippen molar-refractivity contribution in [2.45, 2.75) is 33.5 Å². The van der Waals surface area contributed by atoms with Gasteiger partial charge in [-0.1, -0.05) is 41.4 Å². The van der Waals surface area contributed by atoms with Crippen molar-refractivity contribution in [2.75, 3.05) is 0 Å². The van der Waals surface area contributed by atoms with E-state index in [0.29, 0.717) is 35.2 Å². The summed E-state index contributed by atoms with van der Waals surface area (Å²) < 4.78 is 3.75. The summed E-state index contributed by atoms with van der Waals surface area (Å²) in [5, 5.41) is 14.3. The fraction of sp³-hybridized carbons (Fsp3) is 0.227. The van der Waals surface area contributed by atoms with Crippen LogP contribution in [0.3, 0.4) is 0 Å². The summed E-state index contributed by atoms with van der Waals surface area (Å²) >= 11 is 12.2. The number of aryl methyl sites for hydroxylation is 3. The average Bonchev–Trinajstić information content (AvgIpc) is 3.25. The first kappa shape index (κ1) is 20.4. The lowest BCUT2D eigenvalue weighted by Gasteiger charge is -2.06. The molecule has 0 aliphatic heterocycles. The SMILES string of the molecule is Cc1nn(CCn2cc3ccc(C(=O)NCc4cccc(Cl)c4)cc3n2)c(C)c1Cl. The third kappa shape index (κ3) is 4.35. The van der Waals surface area contributed by atoms with Crippen molar-refractivity contribution in [1.29, 1.82) is 0 Å². The molecule has 0 radical (unpaired) electrons. The van der Waals surface area contributed by atoms with E-state index in [1.807, 2.05) is 59.7 Å². The van der Waals surface area contributed by atoms with Gasteiger partial charge >= 0.3 is 0 Å². The van der Waals surface area contributed by atoms with Crippen LogP contribution in [0, 0.1) is 13.8 Å². The maximum Gasteiger partial charge on any atom is 0.251 e. The third-order valence-electron chi connectivity index (χ3n) is 4.99. The number of rotatable bonds is 6. The normalized spacial score (nSPS) is 11.2. The van der Waals surface area contributed by atoms with Crippen molar-refractivity contribution < 1.29 is 4.79 Å². The van der Waals surface area contributed by atoms with Crippen LogP contribution in [0.4, 0.5) is 0 Å². The second kappa shape index (κ2) is 8.50. The first-order valence-electron chi connectivity index (χ1n) is 9.60. The number of nitrogens with one attached hydrogen (secondary N) is 1. The highest BCUT2D eigenvalue weighted by molar-refractivity contribution is 6.31. The molecular formula is C22H21Cl2N5O. The minimum Gasteiger partial charge on any atom is -0.348 e. The van der Waals surface area contributed by atoms with Gasteiger partial charge in [0.2, 0.25) is 0 Å². The number of nitrogens with zero attached hydrogens (tertiary/aromatic N) is 4. The van der Waals surface area contributed by atoms with Gasteiger partial charge in [-0.15, -0.1) is 0 Å². The largest absolute Gasteiger partial charge is 0.348 e. The van der Waals surface area contributed by atoms with E-state index in [1.165, 1.54) is 0 Å². The van der Waals surface area contributed by atoms with Gasteiger partial charge in [0.1, 0.15) is 0 Å². The third-order valence-corrected chi connectivity index (χ3v) is 5.78. The maximum absolute atomic E-state index is 12.5. The molecule has 6 nitrogen and oxygen atoms in total. The van der Waals surface area contributed by atoms with Crippen LogP contribution in [0.25, 0.3) is 10.9 Å². The molecule has 0 saturated carbocycles. The molecule has 1 N–H and O–H groups in total. The zero-order valence-corrected chi connectivity index (χ0v) is 18.2. The number of hydrogen-bond acceptors (Lipinski definition) is 3. The Morgan fingerprint density at radius 2 is 1.90 bits per heavy atom. The fourth-order valence-corrected chi connectivity index (χ4v) is 3.69. The molecule has 0 spiro atoms. The van der Waals surface area contributed by atoms with Gasteiger partial charge in [-0.2, -0.15) is 10.2 Å². The predicted molar refractivity (Wildman–Crippen MR) is 119 cm³/mol. The number of aromatic nitrogens is 4. The van der Waals surface area contributed by atoms with E-state index < -0.39 is 0 Å². The molecular weight excluding hydrogens is 421 g/mol. The fourth-order valence-electron chi connectivity index (χ4n) is 3.34. The summed E-state index contributed by atoms with van der Waals surface area (Å²) in [4.78, 5) is 12.5. The molecule has 1 amide bonds. The standard InChI is InChI=1S/C22H21Cl2N5O/c1-14-21(24)15(2)29(26-14)9-8-28-13-18-7-6-17(11-20(18)27-28)22(30)25-12-16-4-3-5-19(23)10-16/h3-7,10-11,13H,8-9,12H2,1-2H3,(H,25,30). The molecule has 4 rings (SSSR count). The van der Waals surface area contributed by atoms with E-state index in [9.17, 15) is 4.79 Å². The van der Waals surface area contributed by atoms with Gasteiger partial charge < -0.3 is 5.32 Å². The Labute approximate surface area is 184 Å². The molecule has 30 heavy (non-hydrogen) atoms. The zero-order chi connectivity index (χ0) is 21.3. The van der Waals surface area contributed by atoms with E-state index in [2.05, 4.69) is 15.5 Å². The summed E-state index contributed by atoms with van der Waals surface area (Å²) in [5.74, 6) is -0.149. The number of carbonyl (C=O) groups excluding carboxylic acids is 1. The van der Waals surface area contributed by atoms with Crippen LogP contribution < -0.4 is 5.32 Å². The molecule has 0 atom stereocenters. The molecule has 2 aromatic heterocycles. The van der Waals surface area contributed by atoms with Crippen molar-refractivity contribution >= 4 is 40.0 Å². The minimum absolute atomic E-state index is 0.149. The number of carbonyl (C=O) groups is 1. The van der Waals surface area contributed by atoms with Gasteiger partial charge in [0.25, 0.3) is 5.91 Å². The minimum atomic E-state index is -0.149. The van der Waals surface area contributed by atoms with Crippen LogP contribution in [0.1, 0.15) is 27.3 Å². The lowest BCUT2D eigenvalue weighted by Crippen LogP contribution is -2.22. The van der Waals surface area contributed by atoms with Crippen LogP contribution in [0.2, 0.25) is 10.0 Å². The zero-order valence-electron chi connectivity index (χ0n) is 16.7. The smallest absolute Gasteiger partial charge is 0.251 e. The lowest BCUT2D eigenvalue weighted by atomic mass is 10.1. The summed E-state index contributed by atoms with van der Waals surface area (Å²) in [6.45, 7) is 5.59. The molecule has 0 fully saturated rings. The molecule has 2 heterocycles. The van der Waals surface area contributed by atoms with Crippen LogP contribution in [0.5, 0.6) is 0 Å². The Kier molecular flexibility index (Phi) is 5.79. The average molecular weight is 442 g/mol. The van der Waals surface area contributed by atoms with Crippen LogP contribution >= 0.6 is 23.2 Å². The summed E-state index contributed by atoms with van der Waals surface area (Å²) in [6, 6.07) is 13.0. The van der Waals surface area contributed by atoms with Gasteiger partial charge in [0.15, 0.2) is 0 Å². The summed E-state index contributed by atoms with van der Waals surface area (Å²) in [5.41, 5.74) is 4.07. The first-order chi connectivity index (χ1) is 14.4. The van der Waals surface area contributed by atoms with Gasteiger partial charge in [-0.05, 0) is 43.7 Å². The molecule has 154 valence electrons. The van der Waals surface area contributed by atoms with E-state index >= 15 is 0 Å². The molecule has 0 saturated heterocycles. The number of benzene rings is 2. The van der Waals surface area contributed by atoms with E-state index in [0.717, 1.165) is 27.9 Å². The first-order valence-corrected chi connectivity index (χ1v) is 10.4. The van der Waals surface area contributed by atoms with Crippen molar-refractivity contribution in [1.82, 2.24) is 24.9 Å². The van der Waals surface area contributed by atoms with Gasteiger partial charge in [0.05, 0.1) is 35.0 Å². The highest BCUT2D eigenvalue weighted by Crippen LogP contribution is 2.19. The lowest BCUT2D eigenvalue weighted by molar-refractivity contribution is 0.0951. The second-order valence-corrected chi connectivity index (χ2v) is 8.00. The molecule has 0 aliphatic carbocycles. The summed E-state index contributed by atoms with van der Waals surface area (Å²) in [7, 11) is 0. The Morgan fingerprint density at radius 3 is 2.63 bits per heavy atom. The Hall–Kier alpha value is -2.83. The second-order valence-electron chi connectivity index (χ2n) is 7.19. The molecule has 0 bridgehead atoms. The van der Waals surface area contributed by atoms with Gasteiger partial charge in [0, 0.05) is 28.7 Å². The van der Waals surface area contributed by atoms with Crippen molar-refractivity contribution in [3.63, 3.8) is 0 Å². The molecule has 0 aliphatic rings. The molecule has 2 aromatic carbocycles. The van der Waals surface area contributed by atoms with Crippen molar-refractivity contribution in [2.24, 2.45) is 0 Å². The van der Waals surface area contributed by atoms with E-state index in [4.69, 9.17) is 23.2 Å². The summed E-state index contributed by atoms with van der Waals surface area (Å²) in [6.07, 6.45) is 1.97. The van der Waals surface area contributed by atoms with E-state index in [-0.39, 0.29) is 5.91 Å². The van der Waals surface area contributed by atoms with E-state index in [1.54, 1.807) is 12.1 Å². The Balaban J connectivity index is 1.44. The Morgan fingerprint density at radius 1 is 1.07 bits per heavy atom. The van der Waals surface area contributed by atoms with Crippen molar-refractivity contribution in [3.05, 3.63) is 81.2 Å². The van der Waals surface area contributed by atoms with Gasteiger partial charge in [-0.3, -0.25) is 14.2 Å². The number of fused-ring (bicyclic) bond motifs is 1. The highest BCUT2D eigenvalue weighted by atomic mass is 35.5. The van der Waals surface area contributed by atoms with Crippen LogP contribution in [-0.2, 0) is 19.6 Å². The van der Waals surface area contributed by atoms with Gasteiger partial charge in [-0.25, -0.2) is 0 Å². The predicted octanol–water partition coefficient (Wildman–Crippen LogP) is 4.79. The Bertz CT molecular complexity index is 1230. The molecule has 4 aromatic rings. The topological polar surface area (TPSA) is 64.7 Å². The molecule has 8 heteroatoms. The maximum atomic E-state index is 12.5. The quantitative estimate of drug-likeness (QED) is 0.467. The van der Waals surface area contributed by atoms with Crippen LogP contribution in [0.15, 0.2) is 48.7 Å². The molecule has 0 unspecified atom stereocenters. The number of halogens is 2. The number of hydrogen-bond donors (Lipinski definition) is 1. The highest BCUT2D eigenvalue weighted by Gasteiger charge is 2.11. The van der Waals surface area contributed by atoms with Crippen LogP contribution in [-0.4, -0.2) is 25.5 Å². The number of amides is 1. The monoisotopic (exact) mass is 441 g/mol.